The van der Waals surface area contributed by atoms with Crippen molar-refractivity contribution >= 4 is 40.6 Å². The predicted molar refractivity (Wildman–Crippen MR) is 101 cm³/mol. The van der Waals surface area contributed by atoms with Gasteiger partial charge < -0.3 is 4.74 Å². The van der Waals surface area contributed by atoms with Crippen molar-refractivity contribution in [1.29, 1.82) is 0 Å². The monoisotopic (exact) mass is 376 g/mol. The van der Waals surface area contributed by atoms with E-state index < -0.39 is 17.7 Å². The lowest BCUT2D eigenvalue weighted by Crippen LogP contribution is -2.31. The van der Waals surface area contributed by atoms with Gasteiger partial charge in [0.1, 0.15) is 5.76 Å². The minimum Gasteiger partial charge on any atom is -0.495 e. The van der Waals surface area contributed by atoms with Crippen LogP contribution < -0.4 is 4.90 Å². The molecule has 0 N–H and O–H groups in total. The summed E-state index contributed by atoms with van der Waals surface area (Å²) in [6, 6.07) is 11.6. The Balaban J connectivity index is 1.94. The number of anilines is 1. The molecule has 4 rings (SSSR count). The molecule has 2 aromatic carbocycles. The van der Waals surface area contributed by atoms with Crippen LogP contribution in [0.5, 0.6) is 0 Å². The zero-order chi connectivity index (χ0) is 20.2. The van der Waals surface area contributed by atoms with Gasteiger partial charge in [-0.2, -0.15) is 0 Å². The molecule has 7 nitrogen and oxygen atoms in total. The summed E-state index contributed by atoms with van der Waals surface area (Å²) in [6.45, 7) is 1.32. The van der Waals surface area contributed by atoms with Crippen molar-refractivity contribution in [1.82, 2.24) is 4.90 Å². The van der Waals surface area contributed by atoms with E-state index in [4.69, 9.17) is 4.74 Å². The van der Waals surface area contributed by atoms with Gasteiger partial charge in [-0.3, -0.25) is 24.1 Å². The van der Waals surface area contributed by atoms with Crippen molar-refractivity contribution in [3.05, 3.63) is 64.7 Å². The van der Waals surface area contributed by atoms with Crippen LogP contribution in [0.3, 0.4) is 0 Å². The molecule has 2 aliphatic rings. The van der Waals surface area contributed by atoms with Crippen LogP contribution in [-0.4, -0.2) is 42.7 Å². The second kappa shape index (κ2) is 6.16. The fourth-order valence-corrected chi connectivity index (χ4v) is 3.62. The summed E-state index contributed by atoms with van der Waals surface area (Å²) in [6.07, 6.45) is 0. The fraction of sp³-hybridized carbons (Fsp3) is 0.143. The SMILES string of the molecule is COC(=C1C(=O)N(C(C)=O)c2ccccc21)c1ccc2c(c1)C(=O)N(C)C2=O. The topological polar surface area (TPSA) is 84.0 Å². The van der Waals surface area contributed by atoms with E-state index in [1.807, 2.05) is 0 Å². The van der Waals surface area contributed by atoms with Gasteiger partial charge in [-0.25, -0.2) is 4.90 Å². The van der Waals surface area contributed by atoms with Crippen molar-refractivity contribution < 1.29 is 23.9 Å². The summed E-state index contributed by atoms with van der Waals surface area (Å²) >= 11 is 0. The number of imide groups is 2. The van der Waals surface area contributed by atoms with Crippen LogP contribution in [0.2, 0.25) is 0 Å². The van der Waals surface area contributed by atoms with E-state index in [9.17, 15) is 19.2 Å². The lowest BCUT2D eigenvalue weighted by molar-refractivity contribution is -0.122. The molecule has 0 aliphatic carbocycles. The molecule has 2 heterocycles. The quantitative estimate of drug-likeness (QED) is 0.456. The molecule has 0 spiro atoms. The van der Waals surface area contributed by atoms with Gasteiger partial charge in [0.25, 0.3) is 17.7 Å². The van der Waals surface area contributed by atoms with Gasteiger partial charge in [0.2, 0.25) is 5.91 Å². The molecule has 0 saturated heterocycles. The minimum absolute atomic E-state index is 0.235. The second-order valence-corrected chi connectivity index (χ2v) is 6.51. The molecule has 0 fully saturated rings. The molecular formula is C21H16N2O5. The van der Waals surface area contributed by atoms with Gasteiger partial charge in [-0.1, -0.05) is 24.3 Å². The number of amides is 4. The summed E-state index contributed by atoms with van der Waals surface area (Å²) in [5.41, 5.74) is 2.32. The van der Waals surface area contributed by atoms with Crippen LogP contribution in [-0.2, 0) is 14.3 Å². The van der Waals surface area contributed by atoms with Crippen LogP contribution in [0.25, 0.3) is 11.3 Å². The molecule has 0 saturated carbocycles. The highest BCUT2D eigenvalue weighted by molar-refractivity contribution is 6.43. The Morgan fingerprint density at radius 2 is 1.57 bits per heavy atom. The van der Waals surface area contributed by atoms with Gasteiger partial charge in [0.05, 0.1) is 29.5 Å². The van der Waals surface area contributed by atoms with Gasteiger partial charge in [-0.15, -0.1) is 0 Å². The molecule has 0 radical (unpaired) electrons. The first-order valence-electron chi connectivity index (χ1n) is 8.56. The van der Waals surface area contributed by atoms with Crippen molar-refractivity contribution in [3.8, 4) is 0 Å². The standard InChI is InChI=1S/C21H16N2O5/c1-11(24)23-16-7-5-4-6-14(16)17(21(23)27)18(28-3)12-8-9-13-15(10-12)20(26)22(2)19(13)25/h4-10H,1-3H3. The van der Waals surface area contributed by atoms with E-state index >= 15 is 0 Å². The highest BCUT2D eigenvalue weighted by Gasteiger charge is 2.39. The second-order valence-electron chi connectivity index (χ2n) is 6.51. The Morgan fingerprint density at radius 1 is 0.893 bits per heavy atom. The zero-order valence-corrected chi connectivity index (χ0v) is 15.5. The summed E-state index contributed by atoms with van der Waals surface area (Å²) < 4.78 is 5.54. The summed E-state index contributed by atoms with van der Waals surface area (Å²) in [4.78, 5) is 51.6. The summed E-state index contributed by atoms with van der Waals surface area (Å²) in [5, 5.41) is 0. The maximum atomic E-state index is 13.0. The summed E-state index contributed by atoms with van der Waals surface area (Å²) in [7, 11) is 2.84. The Kier molecular flexibility index (Phi) is 3.88. The van der Waals surface area contributed by atoms with Crippen LogP contribution in [0.15, 0.2) is 42.5 Å². The number of rotatable bonds is 2. The molecule has 2 aromatic rings. The Morgan fingerprint density at radius 3 is 2.25 bits per heavy atom. The van der Waals surface area contributed by atoms with Crippen LogP contribution >= 0.6 is 0 Å². The molecule has 140 valence electrons. The maximum absolute atomic E-state index is 13.0. The first kappa shape index (κ1) is 17.7. The molecule has 28 heavy (non-hydrogen) atoms. The molecule has 0 atom stereocenters. The number of carbonyl (C=O) groups excluding carboxylic acids is 4. The number of methoxy groups -OCH3 is 1. The number of ether oxygens (including phenoxy) is 1. The number of para-hydroxylation sites is 1. The molecule has 4 amide bonds. The summed E-state index contributed by atoms with van der Waals surface area (Å²) in [5.74, 6) is -1.45. The molecule has 0 unspecified atom stereocenters. The van der Waals surface area contributed by atoms with Crippen LogP contribution in [0, 0.1) is 0 Å². The van der Waals surface area contributed by atoms with Crippen molar-refractivity contribution in [3.63, 3.8) is 0 Å². The van der Waals surface area contributed by atoms with E-state index in [1.54, 1.807) is 36.4 Å². The van der Waals surface area contributed by atoms with Crippen molar-refractivity contribution in [2.45, 2.75) is 6.92 Å². The third-order valence-electron chi connectivity index (χ3n) is 4.93. The highest BCUT2D eigenvalue weighted by Crippen LogP contribution is 2.41. The molecule has 2 aliphatic heterocycles. The number of carbonyl (C=O) groups is 4. The molecule has 0 bridgehead atoms. The largest absolute Gasteiger partial charge is 0.495 e. The molecular weight excluding hydrogens is 360 g/mol. The van der Waals surface area contributed by atoms with Crippen LogP contribution in [0.4, 0.5) is 5.69 Å². The van der Waals surface area contributed by atoms with E-state index in [-0.39, 0.29) is 22.8 Å². The number of hydrogen-bond donors (Lipinski definition) is 0. The van der Waals surface area contributed by atoms with E-state index in [1.165, 1.54) is 27.1 Å². The minimum atomic E-state index is -0.495. The number of benzene rings is 2. The fourth-order valence-electron chi connectivity index (χ4n) is 3.62. The predicted octanol–water partition coefficient (Wildman–Crippen LogP) is 2.32. The highest BCUT2D eigenvalue weighted by atomic mass is 16.5. The Hall–Kier alpha value is -3.74. The van der Waals surface area contributed by atoms with Gasteiger partial charge in [0.15, 0.2) is 0 Å². The third kappa shape index (κ3) is 2.29. The Bertz CT molecular complexity index is 1120. The Labute approximate surface area is 160 Å². The number of nitrogens with zero attached hydrogens (tertiary/aromatic N) is 2. The normalized spacial score (nSPS) is 17.0. The van der Waals surface area contributed by atoms with E-state index in [2.05, 4.69) is 0 Å². The number of fused-ring (bicyclic) bond motifs is 2. The van der Waals surface area contributed by atoms with E-state index in [0.717, 1.165) is 9.80 Å². The zero-order valence-electron chi connectivity index (χ0n) is 15.5. The smallest absolute Gasteiger partial charge is 0.269 e. The van der Waals surface area contributed by atoms with Crippen molar-refractivity contribution in [2.24, 2.45) is 0 Å². The third-order valence-corrected chi connectivity index (χ3v) is 4.93. The lowest BCUT2D eigenvalue weighted by atomic mass is 9.99. The van der Waals surface area contributed by atoms with Crippen molar-refractivity contribution in [2.75, 3.05) is 19.1 Å². The van der Waals surface area contributed by atoms with Gasteiger partial charge in [0, 0.05) is 25.1 Å². The molecule has 0 aromatic heterocycles. The van der Waals surface area contributed by atoms with Crippen LogP contribution in [0.1, 0.15) is 38.8 Å². The maximum Gasteiger partial charge on any atom is 0.269 e. The first-order valence-corrected chi connectivity index (χ1v) is 8.56. The van der Waals surface area contributed by atoms with E-state index in [0.29, 0.717) is 22.4 Å². The first-order chi connectivity index (χ1) is 13.4. The lowest BCUT2D eigenvalue weighted by Gasteiger charge is -2.13. The van der Waals surface area contributed by atoms with Gasteiger partial charge in [-0.05, 0) is 18.2 Å². The molecule has 7 heteroatoms. The van der Waals surface area contributed by atoms with Gasteiger partial charge >= 0.3 is 0 Å². The average Bonchev–Trinajstić information content (AvgIpc) is 3.09. The average molecular weight is 376 g/mol. The number of hydrogen-bond acceptors (Lipinski definition) is 5.